The normalized spacial score (nSPS) is 38.1. The minimum atomic E-state index is -3.13. The van der Waals surface area contributed by atoms with E-state index in [-0.39, 0.29) is 16.6 Å². The van der Waals surface area contributed by atoms with E-state index in [1.165, 1.54) is 6.92 Å². The molecule has 0 aromatic carbocycles. The Morgan fingerprint density at radius 2 is 1.87 bits per heavy atom. The summed E-state index contributed by atoms with van der Waals surface area (Å²) in [6.07, 6.45) is -8.80. The molecule has 15 nitrogen and oxygen atoms in total. The van der Waals surface area contributed by atoms with Crippen molar-refractivity contribution in [3.63, 3.8) is 0 Å². The Morgan fingerprint density at radius 3 is 2.45 bits per heavy atom. The third-order valence-electron chi connectivity index (χ3n) is 5.44. The van der Waals surface area contributed by atoms with E-state index < -0.39 is 73.2 Å². The minimum absolute atomic E-state index is 0.0463. The Morgan fingerprint density at radius 1 is 1.23 bits per heavy atom. The lowest BCUT2D eigenvalue weighted by Crippen LogP contribution is -2.69. The van der Waals surface area contributed by atoms with Crippen molar-refractivity contribution in [2.24, 2.45) is 5.11 Å². The molecule has 2 saturated heterocycles. The first-order valence-corrected chi connectivity index (χ1v) is 9.31. The van der Waals surface area contributed by atoms with Gasteiger partial charge in [-0.15, -0.1) is 0 Å². The van der Waals surface area contributed by atoms with E-state index in [2.05, 4.69) is 10.0 Å². The van der Waals surface area contributed by atoms with Crippen LogP contribution in [0.3, 0.4) is 0 Å². The van der Waals surface area contributed by atoms with Gasteiger partial charge in [0.15, 0.2) is 6.10 Å². The summed E-state index contributed by atoms with van der Waals surface area (Å²) >= 11 is 0. The van der Waals surface area contributed by atoms with Gasteiger partial charge in [-0.3, -0.25) is 9.36 Å². The van der Waals surface area contributed by atoms with Gasteiger partial charge in [0.2, 0.25) is 0 Å². The maximum absolute atomic E-state index is 13.1. The predicted molar refractivity (Wildman–Crippen MR) is 98.4 cm³/mol. The zero-order valence-electron chi connectivity index (χ0n) is 16.3. The van der Waals surface area contributed by atoms with E-state index in [9.17, 15) is 40.2 Å². The van der Waals surface area contributed by atoms with E-state index in [1.807, 2.05) is 0 Å². The Hall–Kier alpha value is -2.33. The van der Waals surface area contributed by atoms with Gasteiger partial charge in [-0.05, 0) is 12.5 Å². The van der Waals surface area contributed by atoms with Crippen LogP contribution < -0.4 is 11.2 Å². The van der Waals surface area contributed by atoms with Gasteiger partial charge in [0.1, 0.15) is 24.5 Å². The molecule has 3 heterocycles. The molecule has 0 spiro atoms. The van der Waals surface area contributed by atoms with Crippen LogP contribution in [0.2, 0.25) is 0 Å². The fourth-order valence-electron chi connectivity index (χ4n) is 3.75. The molecule has 172 valence electrons. The SMILES string of the molecule is Cc1cn(C2C[C@H](N=[N+]=[N-])[C@@H](CO)O2)c(=O)n(C2(O)O[C@H](CO)[C@@H](O)[C@H](O)[C@H]2O)c1=O. The van der Waals surface area contributed by atoms with Crippen LogP contribution in [-0.4, -0.2) is 89.5 Å². The summed E-state index contributed by atoms with van der Waals surface area (Å²) in [5, 5.41) is 63.5. The number of nitrogens with zero attached hydrogens (tertiary/aromatic N) is 5. The summed E-state index contributed by atoms with van der Waals surface area (Å²) in [5.41, 5.74) is 6.27. The van der Waals surface area contributed by atoms with Gasteiger partial charge in [-0.2, -0.15) is 0 Å². The van der Waals surface area contributed by atoms with Crippen LogP contribution in [0, 0.1) is 6.92 Å². The number of rotatable bonds is 5. The molecule has 0 saturated carbocycles. The third-order valence-corrected chi connectivity index (χ3v) is 5.44. The van der Waals surface area contributed by atoms with Crippen LogP contribution in [0.1, 0.15) is 18.2 Å². The summed E-state index contributed by atoms with van der Waals surface area (Å²) < 4.78 is 11.6. The molecule has 0 radical (unpaired) electrons. The number of ether oxygens (including phenoxy) is 2. The van der Waals surface area contributed by atoms with Gasteiger partial charge < -0.3 is 40.1 Å². The summed E-state index contributed by atoms with van der Waals surface area (Å²) in [5.74, 6) is -3.13. The molecule has 0 bridgehead atoms. The molecule has 15 heteroatoms. The Kier molecular flexibility index (Phi) is 6.52. The lowest BCUT2D eigenvalue weighted by molar-refractivity contribution is -0.393. The molecule has 0 amide bonds. The molecule has 0 aliphatic carbocycles. The third kappa shape index (κ3) is 3.76. The number of hydrogen-bond donors (Lipinski definition) is 6. The maximum Gasteiger partial charge on any atom is 0.337 e. The summed E-state index contributed by atoms with van der Waals surface area (Å²) in [6.45, 7) is -0.118. The van der Waals surface area contributed by atoms with E-state index in [4.69, 9.17) is 15.0 Å². The van der Waals surface area contributed by atoms with Crippen molar-refractivity contribution in [2.75, 3.05) is 13.2 Å². The first-order chi connectivity index (χ1) is 14.6. The summed E-state index contributed by atoms with van der Waals surface area (Å²) in [7, 11) is 0. The van der Waals surface area contributed by atoms with Crippen LogP contribution in [0.4, 0.5) is 0 Å². The zero-order valence-corrected chi connectivity index (χ0v) is 16.3. The van der Waals surface area contributed by atoms with Gasteiger partial charge in [-0.25, -0.2) is 9.36 Å². The first kappa shape index (κ1) is 23.3. The molecule has 6 N–H and O–H groups in total. The molecule has 2 aliphatic heterocycles. The largest absolute Gasteiger partial charge is 0.394 e. The van der Waals surface area contributed by atoms with Gasteiger partial charge in [0.05, 0.1) is 25.4 Å². The fourth-order valence-corrected chi connectivity index (χ4v) is 3.75. The number of aliphatic hydroxyl groups excluding tert-OH is 5. The smallest absolute Gasteiger partial charge is 0.337 e. The van der Waals surface area contributed by atoms with Crippen molar-refractivity contribution in [3.8, 4) is 0 Å². The fraction of sp³-hybridized carbons (Fsp3) is 0.750. The van der Waals surface area contributed by atoms with Crippen molar-refractivity contribution in [3.05, 3.63) is 43.0 Å². The standard InChI is InChI=1S/C16H23N5O10/c1-6-3-20(10-2-7(18-19-17)8(4-22)30-10)15(28)21(14(6)27)16(29)13(26)12(25)11(24)9(5-23)31-16/h3,7-13,22-26,29H,2,4-5H2,1H3/t7-,8+,9+,10?,11+,12-,13+,16?/m0/s1. The van der Waals surface area contributed by atoms with E-state index in [0.29, 0.717) is 0 Å². The van der Waals surface area contributed by atoms with Crippen molar-refractivity contribution in [2.45, 2.75) is 62.0 Å². The molecular formula is C16H23N5O10. The molecule has 1 aromatic rings. The molecule has 8 atom stereocenters. The van der Waals surface area contributed by atoms with Crippen LogP contribution >= 0.6 is 0 Å². The molecule has 1 aromatic heterocycles. The average Bonchev–Trinajstić information content (AvgIpc) is 3.15. The Balaban J connectivity index is 2.13. The van der Waals surface area contributed by atoms with E-state index in [0.717, 1.165) is 10.8 Å². The van der Waals surface area contributed by atoms with E-state index >= 15 is 0 Å². The average molecular weight is 445 g/mol. The van der Waals surface area contributed by atoms with Crippen LogP contribution in [0.25, 0.3) is 10.4 Å². The molecule has 31 heavy (non-hydrogen) atoms. The van der Waals surface area contributed by atoms with Crippen LogP contribution in [-0.2, 0) is 15.4 Å². The van der Waals surface area contributed by atoms with E-state index in [1.54, 1.807) is 0 Å². The second-order valence-corrected chi connectivity index (χ2v) is 7.39. The first-order valence-electron chi connectivity index (χ1n) is 9.31. The number of aryl methyl sites for hydroxylation is 1. The highest BCUT2D eigenvalue weighted by Crippen LogP contribution is 2.32. The monoisotopic (exact) mass is 445 g/mol. The van der Waals surface area contributed by atoms with Crippen LogP contribution in [0.5, 0.6) is 0 Å². The van der Waals surface area contributed by atoms with Gasteiger partial charge in [0, 0.05) is 23.1 Å². The van der Waals surface area contributed by atoms with Crippen molar-refractivity contribution >= 4 is 0 Å². The lowest BCUT2D eigenvalue weighted by Gasteiger charge is -2.45. The maximum atomic E-state index is 13.1. The highest BCUT2D eigenvalue weighted by Gasteiger charge is 2.56. The Labute approximate surface area is 173 Å². The van der Waals surface area contributed by atoms with Gasteiger partial charge in [0.25, 0.3) is 11.5 Å². The highest BCUT2D eigenvalue weighted by atomic mass is 16.7. The predicted octanol–water partition coefficient (Wildman–Crippen LogP) is -3.65. The number of aliphatic hydroxyl groups is 6. The van der Waals surface area contributed by atoms with Crippen LogP contribution in [0.15, 0.2) is 20.9 Å². The van der Waals surface area contributed by atoms with Gasteiger partial charge in [-0.1, -0.05) is 5.11 Å². The minimum Gasteiger partial charge on any atom is -0.394 e. The number of aromatic nitrogens is 2. The molecule has 2 unspecified atom stereocenters. The lowest BCUT2D eigenvalue weighted by atomic mass is 9.96. The second-order valence-electron chi connectivity index (χ2n) is 7.39. The van der Waals surface area contributed by atoms with Crippen molar-refractivity contribution in [1.82, 2.24) is 9.13 Å². The number of azide groups is 1. The van der Waals surface area contributed by atoms with Gasteiger partial charge >= 0.3 is 5.69 Å². The second kappa shape index (κ2) is 8.66. The zero-order chi connectivity index (χ0) is 23.1. The molecule has 3 rings (SSSR count). The summed E-state index contributed by atoms with van der Waals surface area (Å²) in [4.78, 5) is 28.5. The quantitative estimate of drug-likeness (QED) is 0.148. The molecule has 2 aliphatic rings. The topological polar surface area (TPSA) is 233 Å². The highest BCUT2D eigenvalue weighted by molar-refractivity contribution is 5.07. The molecule has 2 fully saturated rings. The van der Waals surface area contributed by atoms with Crippen molar-refractivity contribution < 1.29 is 40.1 Å². The molecular weight excluding hydrogens is 422 g/mol. The number of hydrogen-bond acceptors (Lipinski definition) is 11. The summed E-state index contributed by atoms with van der Waals surface area (Å²) in [6, 6.07) is -0.817. The van der Waals surface area contributed by atoms with Crippen molar-refractivity contribution in [1.29, 1.82) is 0 Å². The Bertz CT molecular complexity index is 988.